The van der Waals surface area contributed by atoms with Gasteiger partial charge in [0.2, 0.25) is 11.6 Å². The van der Waals surface area contributed by atoms with Gasteiger partial charge in [-0.3, -0.25) is 9.36 Å². The maximum absolute atomic E-state index is 14.6. The molecule has 2 aliphatic rings. The number of likely N-dealkylation sites (tertiary alicyclic amines) is 1. The average Bonchev–Trinajstić information content (AvgIpc) is 3.45. The lowest BCUT2D eigenvalue weighted by atomic mass is 10.1. The minimum atomic E-state index is -0.701. The van der Waals surface area contributed by atoms with Gasteiger partial charge in [0, 0.05) is 36.7 Å². The van der Waals surface area contributed by atoms with Crippen molar-refractivity contribution in [3.05, 3.63) is 64.9 Å². The fraction of sp³-hybridized carbons (Fsp3) is 0.333. The van der Waals surface area contributed by atoms with Crippen molar-refractivity contribution >= 4 is 11.6 Å². The smallest absolute Gasteiger partial charge is 0.274 e. The first-order chi connectivity index (χ1) is 16.4. The number of nitrogens with two attached hydrogens (primary N) is 1. The molecule has 1 aromatic carbocycles. The minimum Gasteiger partial charge on any atom is -0.479 e. The number of carbonyl (C=O) groups is 1. The van der Waals surface area contributed by atoms with Crippen molar-refractivity contribution < 1.29 is 18.3 Å². The van der Waals surface area contributed by atoms with E-state index < -0.39 is 11.6 Å². The maximum Gasteiger partial charge on any atom is 0.274 e. The monoisotopic (exact) mass is 464 g/mol. The van der Waals surface area contributed by atoms with Gasteiger partial charge in [-0.1, -0.05) is 12.1 Å². The predicted octanol–water partition coefficient (Wildman–Crippen LogP) is 3.82. The van der Waals surface area contributed by atoms with Crippen molar-refractivity contribution in [2.45, 2.75) is 31.2 Å². The van der Waals surface area contributed by atoms with Crippen molar-refractivity contribution in [3.63, 3.8) is 0 Å². The third kappa shape index (κ3) is 3.78. The minimum absolute atomic E-state index is 0.0500. The van der Waals surface area contributed by atoms with E-state index in [4.69, 9.17) is 17.0 Å². The standard InChI is InChI=1S/C24H22F2N6O2/c1-28-19-6-5-14(9-17(19)25)22-30-20(24(33)31-8-7-15(27)12-31)21(13-3-4-13)32(22)16-10-18(26)23(34-2)29-11-16/h5-6,9-11,13,15H,3-4,7-8,12,27H2,2H3/t15-/m0/s1. The second-order valence-electron chi connectivity index (χ2n) is 8.54. The SMILES string of the molecule is [C-]#[N+]c1ccc(-c2nc(C(=O)N3CC[C@H](N)C3)c(C3CC3)n2-c2cnc(OC)c(F)c2)cc1F. The summed E-state index contributed by atoms with van der Waals surface area (Å²) in [6.45, 7) is 8.07. The van der Waals surface area contributed by atoms with Crippen LogP contribution in [0.2, 0.25) is 0 Å². The molecule has 2 aromatic heterocycles. The van der Waals surface area contributed by atoms with Gasteiger partial charge in [-0.25, -0.2) is 23.6 Å². The number of methoxy groups -OCH3 is 1. The number of amides is 1. The van der Waals surface area contributed by atoms with E-state index in [9.17, 15) is 13.6 Å². The molecule has 0 radical (unpaired) electrons. The molecule has 10 heteroatoms. The largest absolute Gasteiger partial charge is 0.479 e. The highest BCUT2D eigenvalue weighted by molar-refractivity contribution is 5.95. The summed E-state index contributed by atoms with van der Waals surface area (Å²) in [4.78, 5) is 27.0. The Morgan fingerprint density at radius 3 is 2.62 bits per heavy atom. The lowest BCUT2D eigenvalue weighted by molar-refractivity contribution is 0.0784. The molecule has 1 aliphatic heterocycles. The molecule has 174 valence electrons. The molecule has 5 rings (SSSR count). The van der Waals surface area contributed by atoms with Crippen molar-refractivity contribution in [1.29, 1.82) is 0 Å². The lowest BCUT2D eigenvalue weighted by Gasteiger charge is -2.16. The Labute approximate surface area is 194 Å². The van der Waals surface area contributed by atoms with Gasteiger partial charge in [0.1, 0.15) is 11.6 Å². The first kappa shape index (κ1) is 22.0. The zero-order valence-corrected chi connectivity index (χ0v) is 18.5. The molecular weight excluding hydrogens is 442 g/mol. The summed E-state index contributed by atoms with van der Waals surface area (Å²) >= 11 is 0. The van der Waals surface area contributed by atoms with Crippen molar-refractivity contribution in [2.75, 3.05) is 20.2 Å². The van der Waals surface area contributed by atoms with Crippen molar-refractivity contribution in [1.82, 2.24) is 19.4 Å². The van der Waals surface area contributed by atoms with E-state index in [1.54, 1.807) is 15.5 Å². The van der Waals surface area contributed by atoms with Gasteiger partial charge in [-0.15, -0.1) is 0 Å². The maximum atomic E-state index is 14.6. The van der Waals surface area contributed by atoms with Crippen LogP contribution in [0.25, 0.3) is 21.9 Å². The van der Waals surface area contributed by atoms with Crippen LogP contribution in [-0.4, -0.2) is 51.6 Å². The molecule has 0 spiro atoms. The highest BCUT2D eigenvalue weighted by atomic mass is 19.1. The van der Waals surface area contributed by atoms with Gasteiger partial charge in [-0.2, -0.15) is 0 Å². The molecule has 0 unspecified atom stereocenters. The number of benzene rings is 1. The van der Waals surface area contributed by atoms with Crippen molar-refractivity contribution in [3.8, 4) is 23.0 Å². The number of aromatic nitrogens is 3. The summed E-state index contributed by atoms with van der Waals surface area (Å²) in [5, 5.41) is 0. The summed E-state index contributed by atoms with van der Waals surface area (Å²) in [7, 11) is 1.32. The Morgan fingerprint density at radius 2 is 2.03 bits per heavy atom. The van der Waals surface area contributed by atoms with Gasteiger partial charge in [-0.05, 0) is 25.3 Å². The first-order valence-electron chi connectivity index (χ1n) is 11.0. The molecule has 8 nitrogen and oxygen atoms in total. The van der Waals surface area contributed by atoms with Crippen LogP contribution in [0.4, 0.5) is 14.5 Å². The number of imidazole rings is 1. The van der Waals surface area contributed by atoms with Gasteiger partial charge >= 0.3 is 0 Å². The Balaban J connectivity index is 1.73. The van der Waals surface area contributed by atoms with Crippen LogP contribution in [0.15, 0.2) is 30.5 Å². The average molecular weight is 464 g/mol. The van der Waals surface area contributed by atoms with E-state index in [0.717, 1.165) is 12.8 Å². The molecule has 2 fully saturated rings. The number of hydrogen-bond donors (Lipinski definition) is 1. The number of hydrogen-bond acceptors (Lipinski definition) is 5. The van der Waals surface area contributed by atoms with E-state index in [-0.39, 0.29) is 41.0 Å². The van der Waals surface area contributed by atoms with Crippen molar-refractivity contribution in [2.24, 2.45) is 5.73 Å². The molecule has 1 atom stereocenters. The molecule has 0 bridgehead atoms. The zero-order valence-electron chi connectivity index (χ0n) is 18.5. The van der Waals surface area contributed by atoms with Crippen LogP contribution in [0, 0.1) is 18.2 Å². The second kappa shape index (κ2) is 8.50. The quantitative estimate of drug-likeness (QED) is 0.580. The van der Waals surface area contributed by atoms with Gasteiger partial charge in [0.05, 0.1) is 31.3 Å². The van der Waals surface area contributed by atoms with Crippen LogP contribution in [0.3, 0.4) is 0 Å². The van der Waals surface area contributed by atoms with Crippen LogP contribution in [-0.2, 0) is 0 Å². The number of rotatable bonds is 5. The predicted molar refractivity (Wildman–Crippen MR) is 120 cm³/mol. The van der Waals surface area contributed by atoms with Crippen LogP contribution >= 0.6 is 0 Å². The Hall–Kier alpha value is -3.84. The second-order valence-corrected chi connectivity index (χ2v) is 8.54. The Bertz CT molecular complexity index is 1330. The van der Waals surface area contributed by atoms with Crippen LogP contribution < -0.4 is 10.5 Å². The highest BCUT2D eigenvalue weighted by Crippen LogP contribution is 2.45. The molecular formula is C24H22F2N6O2. The summed E-state index contributed by atoms with van der Waals surface area (Å²) in [5.41, 5.74) is 7.48. The van der Waals surface area contributed by atoms with Crippen LogP contribution in [0.1, 0.15) is 41.4 Å². The fourth-order valence-electron chi connectivity index (χ4n) is 4.32. The molecule has 3 heterocycles. The fourth-order valence-corrected chi connectivity index (χ4v) is 4.32. The number of halogens is 2. The third-order valence-electron chi connectivity index (χ3n) is 6.16. The van der Waals surface area contributed by atoms with Crippen LogP contribution in [0.5, 0.6) is 5.88 Å². The number of nitrogens with zero attached hydrogens (tertiary/aromatic N) is 5. The summed E-state index contributed by atoms with van der Waals surface area (Å²) in [6, 6.07) is 5.30. The van der Waals surface area contributed by atoms with Gasteiger partial charge in [0.15, 0.2) is 11.5 Å². The molecule has 34 heavy (non-hydrogen) atoms. The molecule has 2 N–H and O–H groups in total. The van der Waals surface area contributed by atoms with E-state index in [0.29, 0.717) is 36.5 Å². The number of ether oxygens (including phenoxy) is 1. The third-order valence-corrected chi connectivity index (χ3v) is 6.16. The normalized spacial score (nSPS) is 17.6. The number of carbonyl (C=O) groups excluding carboxylic acids is 1. The molecule has 1 amide bonds. The van der Waals surface area contributed by atoms with E-state index in [2.05, 4.69) is 14.8 Å². The van der Waals surface area contributed by atoms with E-state index in [1.165, 1.54) is 31.5 Å². The van der Waals surface area contributed by atoms with Gasteiger partial charge in [0.25, 0.3) is 5.91 Å². The molecule has 1 saturated carbocycles. The zero-order chi connectivity index (χ0) is 24.0. The summed E-state index contributed by atoms with van der Waals surface area (Å²) in [5.74, 6) is -1.46. The topological polar surface area (TPSA) is 90.6 Å². The van der Waals surface area contributed by atoms with E-state index >= 15 is 0 Å². The summed E-state index contributed by atoms with van der Waals surface area (Å²) < 4.78 is 35.8. The molecule has 3 aromatic rings. The lowest BCUT2D eigenvalue weighted by Crippen LogP contribution is -2.32. The van der Waals surface area contributed by atoms with Gasteiger partial charge < -0.3 is 15.4 Å². The first-order valence-corrected chi connectivity index (χ1v) is 11.0. The van der Waals surface area contributed by atoms with E-state index in [1.807, 2.05) is 0 Å². The molecule has 1 saturated heterocycles. The highest BCUT2D eigenvalue weighted by Gasteiger charge is 2.38. The molecule has 1 aliphatic carbocycles. The Kier molecular flexibility index (Phi) is 5.49. The number of pyridine rings is 1. The Morgan fingerprint density at radius 1 is 1.24 bits per heavy atom. The summed E-state index contributed by atoms with van der Waals surface area (Å²) in [6.07, 6.45) is 3.84.